The van der Waals surface area contributed by atoms with Crippen molar-refractivity contribution in [3.63, 3.8) is 0 Å². The van der Waals surface area contributed by atoms with Gasteiger partial charge in [-0.3, -0.25) is 4.99 Å². The number of hydrogen-bond donors (Lipinski definition) is 2. The molecule has 2 fully saturated rings. The second kappa shape index (κ2) is 11.5. The first kappa shape index (κ1) is 22.8. The normalized spacial score (nSPS) is 21.0. The highest BCUT2D eigenvalue weighted by atomic mass is 127. The number of guanidine groups is 1. The van der Waals surface area contributed by atoms with E-state index in [1.165, 1.54) is 18.6 Å². The van der Waals surface area contributed by atoms with Gasteiger partial charge in [0.15, 0.2) is 5.96 Å². The fraction of sp³-hybridized carbons (Fsp3) is 0.600. The Labute approximate surface area is 183 Å². The number of likely N-dealkylation sites (tertiary alicyclic amines) is 1. The number of aliphatic imine (C=N–C) groups is 1. The molecule has 6 nitrogen and oxygen atoms in total. The summed E-state index contributed by atoms with van der Waals surface area (Å²) in [6.45, 7) is 5.38. The molecule has 0 aliphatic carbocycles. The van der Waals surface area contributed by atoms with Gasteiger partial charge in [-0.05, 0) is 43.4 Å². The Morgan fingerprint density at radius 1 is 1.36 bits per heavy atom. The molecule has 3 rings (SSSR count). The molecule has 1 aromatic carbocycles. The fourth-order valence-corrected chi connectivity index (χ4v) is 3.70. The molecule has 8 heteroatoms. The molecule has 1 unspecified atom stereocenters. The van der Waals surface area contributed by atoms with E-state index in [4.69, 9.17) is 10.00 Å². The van der Waals surface area contributed by atoms with Crippen molar-refractivity contribution in [1.29, 1.82) is 5.26 Å². The van der Waals surface area contributed by atoms with Crippen LogP contribution < -0.4 is 10.6 Å². The van der Waals surface area contributed by atoms with Crippen LogP contribution in [0.5, 0.6) is 0 Å². The van der Waals surface area contributed by atoms with E-state index >= 15 is 0 Å². The third-order valence-corrected chi connectivity index (χ3v) is 5.31. The zero-order valence-electron chi connectivity index (χ0n) is 16.3. The lowest BCUT2D eigenvalue weighted by Gasteiger charge is -2.34. The SMILES string of the molecule is CN=C(NCc1cc(C#N)ccc1F)NC1CCN(CC2CCOC2)CC1.I. The number of nitrogens with one attached hydrogen (secondary N) is 2. The van der Waals surface area contributed by atoms with E-state index < -0.39 is 0 Å². The molecule has 2 aliphatic heterocycles. The predicted octanol–water partition coefficient (Wildman–Crippen LogP) is 2.48. The molecule has 0 saturated carbocycles. The number of nitriles is 1. The number of nitrogens with zero attached hydrogens (tertiary/aromatic N) is 3. The molecular weight excluding hydrogens is 472 g/mol. The van der Waals surface area contributed by atoms with Gasteiger partial charge in [0, 0.05) is 51.4 Å². The molecule has 0 amide bonds. The molecular formula is C20H29FIN5O. The maximum absolute atomic E-state index is 13.9. The maximum atomic E-state index is 13.9. The summed E-state index contributed by atoms with van der Waals surface area (Å²) in [7, 11) is 1.71. The smallest absolute Gasteiger partial charge is 0.191 e. The fourth-order valence-electron chi connectivity index (χ4n) is 3.70. The standard InChI is InChI=1S/C20H28FN5O.HI/c1-23-20(24-12-17-10-15(11-22)2-3-19(17)21)25-18-4-7-26(8-5-18)13-16-6-9-27-14-16;/h2-3,10,16,18H,4-9,12-14H2,1H3,(H2,23,24,25);1H. The number of benzene rings is 1. The Bertz CT molecular complexity index is 694. The summed E-state index contributed by atoms with van der Waals surface area (Å²) in [4.78, 5) is 6.77. The van der Waals surface area contributed by atoms with Crippen molar-refractivity contribution in [3.05, 3.63) is 35.1 Å². The van der Waals surface area contributed by atoms with E-state index in [-0.39, 0.29) is 29.8 Å². The second-order valence-corrected chi connectivity index (χ2v) is 7.29. The molecule has 1 aromatic rings. The number of piperidine rings is 1. The van der Waals surface area contributed by atoms with Crippen LogP contribution in [0.3, 0.4) is 0 Å². The maximum Gasteiger partial charge on any atom is 0.191 e. The summed E-state index contributed by atoms with van der Waals surface area (Å²) in [6.07, 6.45) is 3.30. The summed E-state index contributed by atoms with van der Waals surface area (Å²) in [5.74, 6) is 1.03. The minimum absolute atomic E-state index is 0. The van der Waals surface area contributed by atoms with Gasteiger partial charge >= 0.3 is 0 Å². The highest BCUT2D eigenvalue weighted by molar-refractivity contribution is 14.0. The predicted molar refractivity (Wildman–Crippen MR) is 118 cm³/mol. The van der Waals surface area contributed by atoms with Gasteiger partial charge in [0.05, 0.1) is 18.2 Å². The van der Waals surface area contributed by atoms with Gasteiger partial charge in [0.25, 0.3) is 0 Å². The Morgan fingerprint density at radius 2 is 2.14 bits per heavy atom. The lowest BCUT2D eigenvalue weighted by atomic mass is 10.0. The van der Waals surface area contributed by atoms with Crippen molar-refractivity contribution in [2.24, 2.45) is 10.9 Å². The summed E-state index contributed by atoms with van der Waals surface area (Å²) in [6, 6.07) is 6.79. The van der Waals surface area contributed by atoms with E-state index in [1.54, 1.807) is 13.1 Å². The average Bonchev–Trinajstić information content (AvgIpc) is 3.20. The van der Waals surface area contributed by atoms with E-state index in [2.05, 4.69) is 20.5 Å². The minimum atomic E-state index is -0.318. The van der Waals surface area contributed by atoms with Crippen LogP contribution in [0.25, 0.3) is 0 Å². The topological polar surface area (TPSA) is 72.7 Å². The van der Waals surface area contributed by atoms with E-state index in [0.717, 1.165) is 45.7 Å². The van der Waals surface area contributed by atoms with Gasteiger partial charge in [-0.15, -0.1) is 24.0 Å². The third-order valence-electron chi connectivity index (χ3n) is 5.31. The van der Waals surface area contributed by atoms with Crippen LogP contribution in [-0.4, -0.2) is 56.8 Å². The first-order valence-corrected chi connectivity index (χ1v) is 9.63. The van der Waals surface area contributed by atoms with Crippen LogP contribution >= 0.6 is 24.0 Å². The van der Waals surface area contributed by atoms with Gasteiger partial charge in [-0.2, -0.15) is 5.26 Å². The minimum Gasteiger partial charge on any atom is -0.381 e. The number of halogens is 2. The lowest BCUT2D eigenvalue weighted by molar-refractivity contribution is 0.150. The number of rotatable bonds is 5. The zero-order valence-corrected chi connectivity index (χ0v) is 18.6. The van der Waals surface area contributed by atoms with Gasteiger partial charge in [-0.1, -0.05) is 0 Å². The molecule has 2 aliphatic rings. The van der Waals surface area contributed by atoms with Crippen molar-refractivity contribution in [1.82, 2.24) is 15.5 Å². The van der Waals surface area contributed by atoms with Crippen molar-refractivity contribution in [2.75, 3.05) is 39.9 Å². The number of hydrogen-bond acceptors (Lipinski definition) is 4. The van der Waals surface area contributed by atoms with Crippen molar-refractivity contribution in [3.8, 4) is 6.07 Å². The first-order valence-electron chi connectivity index (χ1n) is 9.63. The molecule has 0 spiro atoms. The van der Waals surface area contributed by atoms with Crippen molar-refractivity contribution in [2.45, 2.75) is 31.8 Å². The van der Waals surface area contributed by atoms with E-state index in [0.29, 0.717) is 35.6 Å². The monoisotopic (exact) mass is 501 g/mol. The molecule has 0 bridgehead atoms. The third kappa shape index (κ3) is 6.57. The van der Waals surface area contributed by atoms with Crippen LogP contribution in [-0.2, 0) is 11.3 Å². The molecule has 28 heavy (non-hydrogen) atoms. The summed E-state index contributed by atoms with van der Waals surface area (Å²) < 4.78 is 19.4. The molecule has 2 heterocycles. The quantitative estimate of drug-likeness (QED) is 0.369. The van der Waals surface area contributed by atoms with Crippen LogP contribution in [0.2, 0.25) is 0 Å². The highest BCUT2D eigenvalue weighted by Gasteiger charge is 2.24. The van der Waals surface area contributed by atoms with Gasteiger partial charge in [0.2, 0.25) is 0 Å². The summed E-state index contributed by atoms with van der Waals surface area (Å²) >= 11 is 0. The van der Waals surface area contributed by atoms with Crippen LogP contribution in [0.15, 0.2) is 23.2 Å². The Kier molecular flexibility index (Phi) is 9.41. The second-order valence-electron chi connectivity index (χ2n) is 7.29. The Balaban J connectivity index is 0.00000280. The van der Waals surface area contributed by atoms with Crippen LogP contribution in [0, 0.1) is 23.1 Å². The highest BCUT2D eigenvalue weighted by Crippen LogP contribution is 2.17. The molecule has 154 valence electrons. The van der Waals surface area contributed by atoms with Crippen LogP contribution in [0.1, 0.15) is 30.4 Å². The average molecular weight is 501 g/mol. The van der Waals surface area contributed by atoms with Crippen LogP contribution in [0.4, 0.5) is 4.39 Å². The summed E-state index contributed by atoms with van der Waals surface area (Å²) in [5.41, 5.74) is 0.918. The Morgan fingerprint density at radius 3 is 2.79 bits per heavy atom. The molecule has 2 saturated heterocycles. The largest absolute Gasteiger partial charge is 0.381 e. The summed E-state index contributed by atoms with van der Waals surface area (Å²) in [5, 5.41) is 15.6. The zero-order chi connectivity index (χ0) is 19.1. The van der Waals surface area contributed by atoms with E-state index in [1.807, 2.05) is 6.07 Å². The first-order chi connectivity index (χ1) is 13.2. The van der Waals surface area contributed by atoms with Crippen molar-refractivity contribution < 1.29 is 9.13 Å². The molecule has 2 N–H and O–H groups in total. The Hall–Kier alpha value is -1.44. The lowest BCUT2D eigenvalue weighted by Crippen LogP contribution is -2.49. The van der Waals surface area contributed by atoms with Gasteiger partial charge in [0.1, 0.15) is 5.82 Å². The van der Waals surface area contributed by atoms with Crippen molar-refractivity contribution >= 4 is 29.9 Å². The van der Waals surface area contributed by atoms with Gasteiger partial charge < -0.3 is 20.3 Å². The molecule has 0 radical (unpaired) electrons. The van der Waals surface area contributed by atoms with E-state index in [9.17, 15) is 4.39 Å². The molecule has 0 aromatic heterocycles. The number of ether oxygens (including phenoxy) is 1. The van der Waals surface area contributed by atoms with Gasteiger partial charge in [-0.25, -0.2) is 4.39 Å². The molecule has 1 atom stereocenters.